The van der Waals surface area contributed by atoms with Crippen LogP contribution in [0.15, 0.2) is 0 Å². The molecule has 1 heterocycles. The number of nitrogens with zero attached hydrogens (tertiary/aromatic N) is 1. The quantitative estimate of drug-likeness (QED) is 0.710. The lowest BCUT2D eigenvalue weighted by atomic mass is 10.0. The fourth-order valence-electron chi connectivity index (χ4n) is 2.88. The van der Waals surface area contributed by atoms with Gasteiger partial charge in [0.2, 0.25) is 5.91 Å². The van der Waals surface area contributed by atoms with Crippen molar-refractivity contribution in [3.63, 3.8) is 0 Å². The van der Waals surface area contributed by atoms with Crippen molar-refractivity contribution in [2.45, 2.75) is 51.6 Å². The van der Waals surface area contributed by atoms with Gasteiger partial charge in [0.1, 0.15) is 0 Å². The van der Waals surface area contributed by atoms with Gasteiger partial charge in [-0.15, -0.1) is 0 Å². The predicted molar refractivity (Wildman–Crippen MR) is 60.3 cm³/mol. The first-order valence-corrected chi connectivity index (χ1v) is 6.15. The molecular weight excluding hydrogens is 188 g/mol. The van der Waals surface area contributed by atoms with Crippen LogP contribution in [0.25, 0.3) is 0 Å². The Labute approximate surface area is 92.0 Å². The van der Waals surface area contributed by atoms with Crippen LogP contribution < -0.4 is 5.73 Å². The number of likely N-dealkylation sites (tertiary alicyclic amines) is 1. The molecule has 0 bridgehead atoms. The molecule has 1 saturated heterocycles. The zero-order valence-corrected chi connectivity index (χ0v) is 9.78. The van der Waals surface area contributed by atoms with Gasteiger partial charge in [-0.3, -0.25) is 4.79 Å². The summed E-state index contributed by atoms with van der Waals surface area (Å²) in [4.78, 5) is 14.3. The molecule has 3 heteroatoms. The van der Waals surface area contributed by atoms with E-state index in [1.807, 2.05) is 0 Å². The van der Waals surface area contributed by atoms with Gasteiger partial charge in [-0.05, 0) is 38.5 Å². The van der Waals surface area contributed by atoms with Gasteiger partial charge < -0.3 is 10.6 Å². The maximum Gasteiger partial charge on any atom is 0.225 e. The molecule has 2 rings (SSSR count). The fraction of sp³-hybridized carbons (Fsp3) is 0.917. The van der Waals surface area contributed by atoms with Crippen molar-refractivity contribution in [3.05, 3.63) is 0 Å². The Morgan fingerprint density at radius 3 is 2.47 bits per heavy atom. The van der Waals surface area contributed by atoms with Gasteiger partial charge in [0.05, 0.1) is 0 Å². The molecular formula is C12H22N2O. The molecule has 2 N–H and O–H groups in total. The van der Waals surface area contributed by atoms with E-state index in [0.29, 0.717) is 17.9 Å². The number of amides is 1. The molecule has 4 atom stereocenters. The number of nitrogens with two attached hydrogens (primary N) is 1. The molecule has 2 aliphatic rings. The second kappa shape index (κ2) is 4.12. The summed E-state index contributed by atoms with van der Waals surface area (Å²) in [7, 11) is 0. The zero-order valence-electron chi connectivity index (χ0n) is 9.78. The highest BCUT2D eigenvalue weighted by atomic mass is 16.2. The van der Waals surface area contributed by atoms with Crippen LogP contribution in [0.2, 0.25) is 0 Å². The van der Waals surface area contributed by atoms with Crippen molar-refractivity contribution >= 4 is 5.91 Å². The zero-order chi connectivity index (χ0) is 11.0. The van der Waals surface area contributed by atoms with Gasteiger partial charge in [-0.2, -0.15) is 0 Å². The van der Waals surface area contributed by atoms with Crippen molar-refractivity contribution in [3.8, 4) is 0 Å². The second-order valence-corrected chi connectivity index (χ2v) is 5.31. The SMILES string of the molecule is CC1CCN(C(=O)C2CCC(N)C2)C1C. The summed E-state index contributed by atoms with van der Waals surface area (Å²) in [5.41, 5.74) is 5.85. The molecule has 0 spiro atoms. The molecule has 3 nitrogen and oxygen atoms in total. The number of carbonyl (C=O) groups excluding carboxylic acids is 1. The van der Waals surface area contributed by atoms with Crippen molar-refractivity contribution in [1.29, 1.82) is 0 Å². The lowest BCUT2D eigenvalue weighted by Crippen LogP contribution is -2.39. The molecule has 0 aromatic rings. The topological polar surface area (TPSA) is 46.3 Å². The highest BCUT2D eigenvalue weighted by Crippen LogP contribution is 2.30. The molecule has 4 unspecified atom stereocenters. The van der Waals surface area contributed by atoms with E-state index < -0.39 is 0 Å². The molecule has 1 amide bonds. The van der Waals surface area contributed by atoms with Crippen LogP contribution in [0.3, 0.4) is 0 Å². The van der Waals surface area contributed by atoms with Gasteiger partial charge >= 0.3 is 0 Å². The summed E-state index contributed by atoms with van der Waals surface area (Å²) in [6, 6.07) is 0.684. The van der Waals surface area contributed by atoms with Crippen molar-refractivity contribution in [1.82, 2.24) is 4.90 Å². The van der Waals surface area contributed by atoms with Crippen LogP contribution in [0.4, 0.5) is 0 Å². The van der Waals surface area contributed by atoms with E-state index in [4.69, 9.17) is 5.73 Å². The number of rotatable bonds is 1. The Morgan fingerprint density at radius 1 is 1.27 bits per heavy atom. The van der Waals surface area contributed by atoms with Crippen LogP contribution in [0, 0.1) is 11.8 Å². The normalized spacial score (nSPS) is 41.1. The predicted octanol–water partition coefficient (Wildman–Crippen LogP) is 1.37. The van der Waals surface area contributed by atoms with Gasteiger partial charge in [-0.1, -0.05) is 6.92 Å². The molecule has 0 radical (unpaired) electrons. The van der Waals surface area contributed by atoms with Crippen molar-refractivity contribution in [2.24, 2.45) is 17.6 Å². The summed E-state index contributed by atoms with van der Waals surface area (Å²) >= 11 is 0. The third-order valence-corrected chi connectivity index (χ3v) is 4.25. The summed E-state index contributed by atoms with van der Waals surface area (Å²) in [6.07, 6.45) is 4.08. The van der Waals surface area contributed by atoms with Gasteiger partial charge in [-0.25, -0.2) is 0 Å². The maximum absolute atomic E-state index is 12.2. The number of hydrogen-bond donors (Lipinski definition) is 1. The van der Waals surface area contributed by atoms with Gasteiger partial charge in [0, 0.05) is 24.5 Å². The molecule has 2 fully saturated rings. The van der Waals surface area contributed by atoms with E-state index in [1.54, 1.807) is 0 Å². The van der Waals surface area contributed by atoms with E-state index in [-0.39, 0.29) is 12.0 Å². The Morgan fingerprint density at radius 2 is 2.00 bits per heavy atom. The summed E-state index contributed by atoms with van der Waals surface area (Å²) in [6.45, 7) is 5.36. The van der Waals surface area contributed by atoms with Gasteiger partial charge in [0.15, 0.2) is 0 Å². The fourth-order valence-corrected chi connectivity index (χ4v) is 2.88. The average Bonchev–Trinajstić information content (AvgIpc) is 2.75. The minimum atomic E-state index is 0.216. The monoisotopic (exact) mass is 210 g/mol. The van der Waals surface area contributed by atoms with Crippen LogP contribution in [0.1, 0.15) is 39.5 Å². The average molecular weight is 210 g/mol. The first-order valence-electron chi connectivity index (χ1n) is 6.15. The minimum absolute atomic E-state index is 0.216. The Hall–Kier alpha value is -0.570. The van der Waals surface area contributed by atoms with E-state index in [2.05, 4.69) is 18.7 Å². The maximum atomic E-state index is 12.2. The summed E-state index contributed by atoms with van der Waals surface area (Å²) in [5, 5.41) is 0. The molecule has 1 aliphatic heterocycles. The smallest absolute Gasteiger partial charge is 0.225 e. The lowest BCUT2D eigenvalue weighted by molar-refractivity contribution is -0.136. The van der Waals surface area contributed by atoms with E-state index >= 15 is 0 Å². The molecule has 0 aromatic heterocycles. The Kier molecular flexibility index (Phi) is 3.01. The highest BCUT2D eigenvalue weighted by Gasteiger charge is 2.36. The largest absolute Gasteiger partial charge is 0.339 e. The van der Waals surface area contributed by atoms with Crippen LogP contribution in [-0.4, -0.2) is 29.4 Å². The molecule has 1 aliphatic carbocycles. The number of hydrogen-bond acceptors (Lipinski definition) is 2. The number of carbonyl (C=O) groups is 1. The van der Waals surface area contributed by atoms with E-state index in [9.17, 15) is 4.79 Å². The van der Waals surface area contributed by atoms with Crippen LogP contribution in [-0.2, 0) is 4.79 Å². The molecule has 15 heavy (non-hydrogen) atoms. The Bertz CT molecular complexity index is 254. The van der Waals surface area contributed by atoms with Gasteiger partial charge in [0.25, 0.3) is 0 Å². The highest BCUT2D eigenvalue weighted by molar-refractivity contribution is 5.79. The van der Waals surface area contributed by atoms with Crippen molar-refractivity contribution < 1.29 is 4.79 Å². The van der Waals surface area contributed by atoms with E-state index in [0.717, 1.165) is 32.2 Å². The van der Waals surface area contributed by atoms with Crippen LogP contribution in [0.5, 0.6) is 0 Å². The third-order valence-electron chi connectivity index (χ3n) is 4.25. The minimum Gasteiger partial charge on any atom is -0.339 e. The third kappa shape index (κ3) is 2.03. The lowest BCUT2D eigenvalue weighted by Gasteiger charge is -2.26. The van der Waals surface area contributed by atoms with E-state index in [1.165, 1.54) is 0 Å². The standard InChI is InChI=1S/C12H22N2O/c1-8-5-6-14(9(8)2)12(15)10-3-4-11(13)7-10/h8-11H,3-7,13H2,1-2H3. The first-order chi connectivity index (χ1) is 7.09. The Balaban J connectivity index is 1.96. The molecule has 0 aromatic carbocycles. The molecule has 1 saturated carbocycles. The molecule has 86 valence electrons. The summed E-state index contributed by atoms with van der Waals surface area (Å²) < 4.78 is 0. The van der Waals surface area contributed by atoms with Crippen LogP contribution >= 0.6 is 0 Å². The first kappa shape index (κ1) is 10.9. The second-order valence-electron chi connectivity index (χ2n) is 5.31. The summed E-state index contributed by atoms with van der Waals surface area (Å²) in [5.74, 6) is 1.23. The van der Waals surface area contributed by atoms with Crippen molar-refractivity contribution in [2.75, 3.05) is 6.54 Å².